The van der Waals surface area contributed by atoms with E-state index in [1.54, 1.807) is 10.6 Å². The van der Waals surface area contributed by atoms with Crippen molar-refractivity contribution < 1.29 is 9.18 Å². The van der Waals surface area contributed by atoms with Crippen LogP contribution in [0.25, 0.3) is 5.65 Å². The van der Waals surface area contributed by atoms with E-state index in [9.17, 15) is 9.18 Å². The second-order valence-corrected chi connectivity index (χ2v) is 7.63. The van der Waals surface area contributed by atoms with Gasteiger partial charge in [-0.05, 0) is 50.3 Å². The molecule has 7 nitrogen and oxygen atoms in total. The molecule has 3 aromatic rings. The third-order valence-corrected chi connectivity index (χ3v) is 5.71. The lowest BCUT2D eigenvalue weighted by Gasteiger charge is -2.27. The highest BCUT2D eigenvalue weighted by Crippen LogP contribution is 2.42. The Morgan fingerprint density at radius 2 is 2.14 bits per heavy atom. The molecule has 1 atom stereocenters. The van der Waals surface area contributed by atoms with Crippen LogP contribution in [0.15, 0.2) is 24.5 Å². The Bertz CT molecular complexity index is 1090. The summed E-state index contributed by atoms with van der Waals surface area (Å²) in [5.74, 6) is 0.207. The van der Waals surface area contributed by atoms with Gasteiger partial charge in [0.15, 0.2) is 5.65 Å². The molecule has 0 bridgehead atoms. The molecule has 1 unspecified atom stereocenters. The van der Waals surface area contributed by atoms with Crippen LogP contribution >= 0.6 is 0 Å². The maximum atomic E-state index is 13.8. The third kappa shape index (κ3) is 2.71. The Morgan fingerprint density at radius 3 is 2.89 bits per heavy atom. The molecule has 2 fully saturated rings. The summed E-state index contributed by atoms with van der Waals surface area (Å²) in [7, 11) is 0. The molecule has 2 aliphatic rings. The first-order valence-electron chi connectivity index (χ1n) is 9.60. The zero-order chi connectivity index (χ0) is 19.4. The van der Waals surface area contributed by atoms with E-state index < -0.39 is 5.91 Å². The number of halogens is 1. The van der Waals surface area contributed by atoms with Gasteiger partial charge in [0.1, 0.15) is 17.2 Å². The SMILES string of the molecule is Cc1ncc(F)cc1C1CCCN1c1ccn2nc(C3CC3)c(C(N)=O)c2n1. The number of hydrogen-bond donors (Lipinski definition) is 1. The van der Waals surface area contributed by atoms with Gasteiger partial charge >= 0.3 is 0 Å². The van der Waals surface area contributed by atoms with Crippen LogP contribution < -0.4 is 10.6 Å². The molecule has 1 aliphatic heterocycles. The first-order valence-corrected chi connectivity index (χ1v) is 9.60. The molecular formula is C20H21FN6O. The summed E-state index contributed by atoms with van der Waals surface area (Å²) in [5.41, 5.74) is 9.01. The number of nitrogens with two attached hydrogens (primary N) is 1. The average Bonchev–Trinajstić information content (AvgIpc) is 3.27. The number of fused-ring (bicyclic) bond motifs is 1. The quantitative estimate of drug-likeness (QED) is 0.752. The number of primary amides is 1. The minimum absolute atomic E-state index is 0.000928. The number of carbonyl (C=O) groups is 1. The van der Waals surface area contributed by atoms with E-state index in [1.165, 1.54) is 6.20 Å². The molecule has 1 amide bonds. The highest BCUT2D eigenvalue weighted by molar-refractivity contribution is 6.00. The Morgan fingerprint density at radius 1 is 1.32 bits per heavy atom. The Hall–Kier alpha value is -3.03. The predicted molar refractivity (Wildman–Crippen MR) is 102 cm³/mol. The largest absolute Gasteiger partial charge is 0.365 e. The van der Waals surface area contributed by atoms with Gasteiger partial charge in [0.05, 0.1) is 17.9 Å². The molecule has 0 spiro atoms. The summed E-state index contributed by atoms with van der Waals surface area (Å²) in [6.07, 6.45) is 6.99. The lowest BCUT2D eigenvalue weighted by atomic mass is 10.0. The number of amides is 1. The van der Waals surface area contributed by atoms with Gasteiger partial charge in [-0.1, -0.05) is 0 Å². The van der Waals surface area contributed by atoms with E-state index >= 15 is 0 Å². The van der Waals surface area contributed by atoms with E-state index in [4.69, 9.17) is 10.7 Å². The van der Waals surface area contributed by atoms with Crippen molar-refractivity contribution in [3.8, 4) is 0 Å². The molecular weight excluding hydrogens is 359 g/mol. The van der Waals surface area contributed by atoms with Crippen LogP contribution in [-0.2, 0) is 0 Å². The molecule has 0 radical (unpaired) electrons. The summed E-state index contributed by atoms with van der Waals surface area (Å²) in [6, 6.07) is 3.45. The third-order valence-electron chi connectivity index (χ3n) is 5.71. The van der Waals surface area contributed by atoms with Gasteiger partial charge in [0.25, 0.3) is 5.91 Å². The summed E-state index contributed by atoms with van der Waals surface area (Å²) < 4.78 is 15.4. The van der Waals surface area contributed by atoms with Crippen molar-refractivity contribution in [2.45, 2.75) is 44.6 Å². The molecule has 2 N–H and O–H groups in total. The van der Waals surface area contributed by atoms with Gasteiger partial charge < -0.3 is 10.6 Å². The Labute approximate surface area is 161 Å². The molecule has 8 heteroatoms. The van der Waals surface area contributed by atoms with Crippen molar-refractivity contribution in [1.29, 1.82) is 0 Å². The van der Waals surface area contributed by atoms with Crippen molar-refractivity contribution >= 4 is 17.4 Å². The first kappa shape index (κ1) is 17.1. The zero-order valence-electron chi connectivity index (χ0n) is 15.6. The Kier molecular flexibility index (Phi) is 3.82. The average molecular weight is 380 g/mol. The van der Waals surface area contributed by atoms with Crippen LogP contribution in [0.3, 0.4) is 0 Å². The lowest BCUT2D eigenvalue weighted by molar-refractivity contribution is 0.100. The van der Waals surface area contributed by atoms with Crippen molar-refractivity contribution in [2.75, 3.05) is 11.4 Å². The smallest absolute Gasteiger partial charge is 0.254 e. The number of hydrogen-bond acceptors (Lipinski definition) is 5. The van der Waals surface area contributed by atoms with Gasteiger partial charge in [-0.2, -0.15) is 5.10 Å². The minimum atomic E-state index is -0.496. The number of rotatable bonds is 4. The maximum Gasteiger partial charge on any atom is 0.254 e. The normalized spacial score (nSPS) is 19.5. The van der Waals surface area contributed by atoms with Crippen LogP contribution in [0, 0.1) is 12.7 Å². The number of aromatic nitrogens is 4. The Balaban J connectivity index is 1.59. The minimum Gasteiger partial charge on any atom is -0.365 e. The standard InChI is InChI=1S/C20H21FN6O/c1-11-14(9-13(21)10-23-11)15-3-2-7-26(15)16-6-8-27-20(24-16)17(19(22)28)18(25-27)12-4-5-12/h6,8-10,12,15H,2-5,7H2,1H3,(H2,22,28). The van der Waals surface area contributed by atoms with E-state index in [-0.39, 0.29) is 11.9 Å². The van der Waals surface area contributed by atoms with Gasteiger partial charge in [-0.15, -0.1) is 0 Å². The zero-order valence-corrected chi connectivity index (χ0v) is 15.6. The van der Waals surface area contributed by atoms with Crippen molar-refractivity contribution in [2.24, 2.45) is 5.73 Å². The molecule has 28 heavy (non-hydrogen) atoms. The monoisotopic (exact) mass is 380 g/mol. The number of aryl methyl sites for hydroxylation is 1. The van der Waals surface area contributed by atoms with E-state index in [0.717, 1.165) is 55.0 Å². The lowest BCUT2D eigenvalue weighted by Crippen LogP contribution is -2.25. The van der Waals surface area contributed by atoms with Crippen molar-refractivity contribution in [1.82, 2.24) is 19.6 Å². The van der Waals surface area contributed by atoms with Crippen LogP contribution in [-0.4, -0.2) is 32.0 Å². The number of pyridine rings is 1. The molecule has 3 aromatic heterocycles. The van der Waals surface area contributed by atoms with Crippen molar-refractivity contribution in [3.05, 3.63) is 52.9 Å². The molecule has 4 heterocycles. The molecule has 144 valence electrons. The van der Waals surface area contributed by atoms with E-state index in [1.807, 2.05) is 19.2 Å². The predicted octanol–water partition coefficient (Wildman–Crippen LogP) is 2.89. The van der Waals surface area contributed by atoms with Crippen LogP contribution in [0.5, 0.6) is 0 Å². The molecule has 0 aromatic carbocycles. The van der Waals surface area contributed by atoms with Crippen LogP contribution in [0.2, 0.25) is 0 Å². The second-order valence-electron chi connectivity index (χ2n) is 7.63. The highest BCUT2D eigenvalue weighted by Gasteiger charge is 2.34. The fourth-order valence-electron chi connectivity index (χ4n) is 4.20. The molecule has 1 aliphatic carbocycles. The van der Waals surface area contributed by atoms with Gasteiger partial charge in [-0.3, -0.25) is 9.78 Å². The fraction of sp³-hybridized carbons (Fsp3) is 0.400. The van der Waals surface area contributed by atoms with Crippen molar-refractivity contribution in [3.63, 3.8) is 0 Å². The molecule has 1 saturated carbocycles. The fourth-order valence-corrected chi connectivity index (χ4v) is 4.20. The second kappa shape index (κ2) is 6.25. The van der Waals surface area contributed by atoms with Gasteiger partial charge in [-0.25, -0.2) is 13.9 Å². The maximum absolute atomic E-state index is 13.8. The van der Waals surface area contributed by atoms with Crippen LogP contribution in [0.1, 0.15) is 65.0 Å². The number of anilines is 1. The summed E-state index contributed by atoms with van der Waals surface area (Å²) in [4.78, 5) is 23.2. The number of carbonyl (C=O) groups excluding carboxylic acids is 1. The highest BCUT2D eigenvalue weighted by atomic mass is 19.1. The van der Waals surface area contributed by atoms with Gasteiger partial charge in [0.2, 0.25) is 0 Å². The first-order chi connectivity index (χ1) is 13.5. The van der Waals surface area contributed by atoms with Crippen LogP contribution in [0.4, 0.5) is 10.2 Å². The van der Waals surface area contributed by atoms with E-state index in [2.05, 4.69) is 15.0 Å². The molecule has 5 rings (SSSR count). The summed E-state index contributed by atoms with van der Waals surface area (Å²) in [5, 5.41) is 4.54. The number of nitrogens with zero attached hydrogens (tertiary/aromatic N) is 5. The topological polar surface area (TPSA) is 89.4 Å². The molecule has 1 saturated heterocycles. The summed E-state index contributed by atoms with van der Waals surface area (Å²) in [6.45, 7) is 2.70. The summed E-state index contributed by atoms with van der Waals surface area (Å²) >= 11 is 0. The van der Waals surface area contributed by atoms with E-state index in [0.29, 0.717) is 17.1 Å². The van der Waals surface area contributed by atoms with Gasteiger partial charge in [0, 0.05) is 24.4 Å².